The molecule has 1 saturated carbocycles. The number of carboxylic acids is 1. The van der Waals surface area contributed by atoms with Crippen molar-refractivity contribution in [1.29, 1.82) is 0 Å². The molecule has 108 valence electrons. The summed E-state index contributed by atoms with van der Waals surface area (Å²) in [5, 5.41) is 8.94. The summed E-state index contributed by atoms with van der Waals surface area (Å²) in [7, 11) is -3.24. The number of hydrogen-bond acceptors (Lipinski definition) is 4. The molecule has 2 aliphatic rings. The van der Waals surface area contributed by atoms with Crippen molar-refractivity contribution in [2.75, 3.05) is 25.4 Å². The summed E-state index contributed by atoms with van der Waals surface area (Å²) >= 11 is 0. The molecule has 0 bridgehead atoms. The maximum atomic E-state index is 12.1. The van der Waals surface area contributed by atoms with Crippen molar-refractivity contribution >= 4 is 15.8 Å². The molecular weight excluding hydrogens is 278 g/mol. The number of rotatable bonds is 5. The maximum absolute atomic E-state index is 12.1. The molecule has 1 saturated heterocycles. The number of piperidine rings is 1. The van der Waals surface area contributed by atoms with E-state index in [4.69, 9.17) is 5.11 Å². The van der Waals surface area contributed by atoms with Crippen molar-refractivity contribution in [1.82, 2.24) is 4.90 Å². The third kappa shape index (κ3) is 2.45. The van der Waals surface area contributed by atoms with Crippen LogP contribution in [0.3, 0.4) is 0 Å². The molecule has 1 aromatic rings. The number of benzene rings is 1. The van der Waals surface area contributed by atoms with E-state index >= 15 is 0 Å². The fraction of sp³-hybridized carbons (Fsp3) is 0.500. The fourth-order valence-corrected chi connectivity index (χ4v) is 4.46. The number of carboxylic acid groups (broad SMARTS) is 1. The number of nitrogens with zero attached hydrogens (tertiary/aromatic N) is 1. The van der Waals surface area contributed by atoms with Crippen LogP contribution in [0, 0.1) is 17.8 Å². The first kappa shape index (κ1) is 13.6. The van der Waals surface area contributed by atoms with Crippen LogP contribution in [-0.2, 0) is 14.6 Å². The predicted octanol–water partition coefficient (Wildman–Crippen LogP) is 0.723. The lowest BCUT2D eigenvalue weighted by molar-refractivity contribution is -0.139. The van der Waals surface area contributed by atoms with Crippen LogP contribution in [0.1, 0.15) is 0 Å². The van der Waals surface area contributed by atoms with E-state index < -0.39 is 15.8 Å². The summed E-state index contributed by atoms with van der Waals surface area (Å²) in [4.78, 5) is 13.3. The van der Waals surface area contributed by atoms with Crippen LogP contribution in [0.5, 0.6) is 0 Å². The molecule has 20 heavy (non-hydrogen) atoms. The van der Waals surface area contributed by atoms with Gasteiger partial charge in [0.25, 0.3) is 0 Å². The topological polar surface area (TPSA) is 74.7 Å². The Morgan fingerprint density at radius 3 is 2.35 bits per heavy atom. The van der Waals surface area contributed by atoms with Gasteiger partial charge in [0.2, 0.25) is 0 Å². The van der Waals surface area contributed by atoms with E-state index in [-0.39, 0.29) is 23.5 Å². The second kappa shape index (κ2) is 4.86. The Bertz CT molecular complexity index is 601. The Hall–Kier alpha value is -1.40. The molecule has 3 rings (SSSR count). The minimum atomic E-state index is -3.24. The van der Waals surface area contributed by atoms with Crippen molar-refractivity contribution < 1.29 is 18.3 Å². The van der Waals surface area contributed by atoms with E-state index in [1.54, 1.807) is 30.3 Å². The third-order valence-electron chi connectivity index (χ3n) is 4.33. The Labute approximate surface area is 118 Å². The first-order valence-electron chi connectivity index (χ1n) is 6.72. The number of hydrogen-bond donors (Lipinski definition) is 1. The zero-order chi connectivity index (χ0) is 14.3. The van der Waals surface area contributed by atoms with Crippen molar-refractivity contribution in [2.24, 2.45) is 17.8 Å². The quantitative estimate of drug-likeness (QED) is 0.866. The Morgan fingerprint density at radius 1 is 1.20 bits per heavy atom. The van der Waals surface area contributed by atoms with Crippen molar-refractivity contribution in [3.63, 3.8) is 0 Å². The van der Waals surface area contributed by atoms with Crippen LogP contribution in [0.4, 0.5) is 0 Å². The van der Waals surface area contributed by atoms with Gasteiger partial charge >= 0.3 is 5.97 Å². The van der Waals surface area contributed by atoms with Crippen LogP contribution >= 0.6 is 0 Å². The summed E-state index contributed by atoms with van der Waals surface area (Å²) < 4.78 is 24.3. The SMILES string of the molecule is O=C(O)C1[C@H]2CN(CCS(=O)(=O)c3ccccc3)C[C@@H]12. The highest BCUT2D eigenvalue weighted by molar-refractivity contribution is 7.91. The smallest absolute Gasteiger partial charge is 0.307 e. The molecule has 1 unspecified atom stereocenters. The minimum Gasteiger partial charge on any atom is -0.481 e. The summed E-state index contributed by atoms with van der Waals surface area (Å²) in [6, 6.07) is 8.44. The second-order valence-corrected chi connectivity index (χ2v) is 7.69. The van der Waals surface area contributed by atoms with E-state index in [0.717, 1.165) is 0 Å². The molecule has 1 N–H and O–H groups in total. The summed E-state index contributed by atoms with van der Waals surface area (Å²) in [5.74, 6) is -0.360. The minimum absolute atomic E-state index is 0.0915. The van der Waals surface area contributed by atoms with Gasteiger partial charge in [-0.2, -0.15) is 0 Å². The van der Waals surface area contributed by atoms with Gasteiger partial charge in [0.15, 0.2) is 9.84 Å². The van der Waals surface area contributed by atoms with Crippen molar-refractivity contribution in [2.45, 2.75) is 4.90 Å². The van der Waals surface area contributed by atoms with E-state index in [1.807, 2.05) is 0 Å². The summed E-state index contributed by atoms with van der Waals surface area (Å²) in [5.41, 5.74) is 0. The molecule has 1 heterocycles. The van der Waals surface area contributed by atoms with Crippen LogP contribution in [0.2, 0.25) is 0 Å². The van der Waals surface area contributed by atoms with E-state index in [9.17, 15) is 13.2 Å². The number of carbonyl (C=O) groups is 1. The van der Waals surface area contributed by atoms with E-state index in [2.05, 4.69) is 4.90 Å². The first-order valence-corrected chi connectivity index (χ1v) is 8.37. The Kier molecular flexibility index (Phi) is 3.30. The monoisotopic (exact) mass is 295 g/mol. The zero-order valence-electron chi connectivity index (χ0n) is 11.0. The summed E-state index contributed by atoms with van der Waals surface area (Å²) in [6.07, 6.45) is 0. The van der Waals surface area contributed by atoms with Gasteiger partial charge in [0, 0.05) is 19.6 Å². The standard InChI is InChI=1S/C14H17NO4S/c16-14(17)13-11-8-15(9-12(11)13)6-7-20(18,19)10-4-2-1-3-5-10/h1-5,11-13H,6-9H2,(H,16,17)/t11-,12+,13?. The highest BCUT2D eigenvalue weighted by Crippen LogP contribution is 2.51. The van der Waals surface area contributed by atoms with Gasteiger partial charge in [0.1, 0.15) is 0 Å². The van der Waals surface area contributed by atoms with Crippen molar-refractivity contribution in [3.8, 4) is 0 Å². The largest absolute Gasteiger partial charge is 0.481 e. The van der Waals surface area contributed by atoms with E-state index in [1.165, 1.54) is 0 Å². The molecule has 2 fully saturated rings. The van der Waals surface area contributed by atoms with Crippen LogP contribution in [0.15, 0.2) is 35.2 Å². The highest BCUT2D eigenvalue weighted by atomic mass is 32.2. The molecule has 0 spiro atoms. The van der Waals surface area contributed by atoms with Gasteiger partial charge < -0.3 is 10.0 Å². The molecule has 0 aromatic heterocycles. The molecule has 0 radical (unpaired) electrons. The van der Waals surface area contributed by atoms with Crippen molar-refractivity contribution in [3.05, 3.63) is 30.3 Å². The van der Waals surface area contributed by atoms with Crippen LogP contribution in [-0.4, -0.2) is 49.8 Å². The maximum Gasteiger partial charge on any atom is 0.307 e. The van der Waals surface area contributed by atoms with Gasteiger partial charge in [-0.3, -0.25) is 4.79 Å². The van der Waals surface area contributed by atoms with Gasteiger partial charge in [-0.25, -0.2) is 8.42 Å². The normalized spacial score (nSPS) is 29.1. The lowest BCUT2D eigenvalue weighted by atomic mass is 10.3. The second-order valence-electron chi connectivity index (χ2n) is 5.58. The zero-order valence-corrected chi connectivity index (χ0v) is 11.8. The molecule has 6 heteroatoms. The number of aliphatic carboxylic acids is 1. The number of sulfone groups is 1. The molecule has 1 aliphatic heterocycles. The predicted molar refractivity (Wildman–Crippen MR) is 73.0 cm³/mol. The number of fused-ring (bicyclic) bond motifs is 1. The first-order chi connectivity index (χ1) is 9.49. The Morgan fingerprint density at radius 2 is 1.80 bits per heavy atom. The van der Waals surface area contributed by atoms with Crippen LogP contribution < -0.4 is 0 Å². The molecule has 1 aliphatic carbocycles. The lowest BCUT2D eigenvalue weighted by Crippen LogP contribution is -2.31. The third-order valence-corrected chi connectivity index (χ3v) is 6.04. The lowest BCUT2D eigenvalue weighted by Gasteiger charge is -2.18. The molecule has 3 atom stereocenters. The average molecular weight is 295 g/mol. The highest BCUT2D eigenvalue weighted by Gasteiger charge is 2.59. The summed E-state index contributed by atoms with van der Waals surface area (Å²) in [6.45, 7) is 1.91. The molecule has 1 aromatic carbocycles. The molecule has 0 amide bonds. The fourth-order valence-electron chi connectivity index (χ4n) is 3.16. The van der Waals surface area contributed by atoms with Gasteiger partial charge in [-0.15, -0.1) is 0 Å². The molecular formula is C14H17NO4S. The number of likely N-dealkylation sites (tertiary alicyclic amines) is 1. The van der Waals surface area contributed by atoms with Crippen LogP contribution in [0.25, 0.3) is 0 Å². The van der Waals surface area contributed by atoms with E-state index in [0.29, 0.717) is 24.5 Å². The Balaban J connectivity index is 1.54. The molecule has 5 nitrogen and oxygen atoms in total. The van der Waals surface area contributed by atoms with Gasteiger partial charge in [-0.05, 0) is 24.0 Å². The van der Waals surface area contributed by atoms with Gasteiger partial charge in [-0.1, -0.05) is 18.2 Å². The van der Waals surface area contributed by atoms with Gasteiger partial charge in [0.05, 0.1) is 16.6 Å². The average Bonchev–Trinajstić information content (AvgIpc) is 2.95.